The van der Waals surface area contributed by atoms with E-state index < -0.39 is 0 Å². The number of fused-ring (bicyclic) bond motifs is 1. The summed E-state index contributed by atoms with van der Waals surface area (Å²) in [6.45, 7) is 4.63. The minimum absolute atomic E-state index is 0.167. The lowest BCUT2D eigenvalue weighted by Gasteiger charge is -2.01. The van der Waals surface area contributed by atoms with Gasteiger partial charge in [-0.1, -0.05) is 6.92 Å². The number of rotatable bonds is 0. The van der Waals surface area contributed by atoms with Gasteiger partial charge in [-0.25, -0.2) is 0 Å². The van der Waals surface area contributed by atoms with Crippen molar-refractivity contribution >= 4 is 11.4 Å². The van der Waals surface area contributed by atoms with Gasteiger partial charge in [-0.15, -0.1) is 16.0 Å². The van der Waals surface area contributed by atoms with Gasteiger partial charge in [-0.2, -0.15) is 9.61 Å². The molecule has 6 nitrogen and oxygen atoms in total. The van der Waals surface area contributed by atoms with Crippen LogP contribution in [0.4, 0.5) is 0 Å². The van der Waals surface area contributed by atoms with E-state index in [0.29, 0.717) is 10.9 Å². The highest BCUT2D eigenvalue weighted by atomic mass is 16.3. The average molecular weight is 205 g/mol. The van der Waals surface area contributed by atoms with Crippen LogP contribution in [0.5, 0.6) is 0 Å². The van der Waals surface area contributed by atoms with E-state index in [1.54, 1.807) is 13.8 Å². The molecule has 78 valence electrons. The summed E-state index contributed by atoms with van der Waals surface area (Å²) in [6.07, 6.45) is 0. The van der Waals surface area contributed by atoms with E-state index >= 15 is 0 Å². The largest absolute Gasteiger partial charge is 0.875 e. The molecule has 0 fully saturated rings. The average Bonchev–Trinajstić information content (AvgIpc) is 2.49. The van der Waals surface area contributed by atoms with E-state index in [-0.39, 0.29) is 22.7 Å². The minimum Gasteiger partial charge on any atom is -0.875 e. The molecule has 0 unspecified atom stereocenters. The quantitative estimate of drug-likeness (QED) is 0.512. The van der Waals surface area contributed by atoms with Crippen molar-refractivity contribution in [2.24, 2.45) is 0 Å². The number of hydrogen-bond donors (Lipinski definition) is 0. The predicted molar refractivity (Wildman–Crippen MR) is 50.8 cm³/mol. The Morgan fingerprint density at radius 2 is 1.93 bits per heavy atom. The Morgan fingerprint density at radius 1 is 1.27 bits per heavy atom. The molecule has 0 amide bonds. The van der Waals surface area contributed by atoms with Crippen molar-refractivity contribution < 1.29 is 5.11 Å². The van der Waals surface area contributed by atoms with Crippen LogP contribution in [0.1, 0.15) is 18.3 Å². The van der Waals surface area contributed by atoms with Gasteiger partial charge in [-0.3, -0.25) is 4.79 Å². The van der Waals surface area contributed by atoms with E-state index in [0.717, 1.165) is 4.52 Å². The van der Waals surface area contributed by atoms with Crippen molar-refractivity contribution in [1.82, 2.24) is 19.8 Å². The molecule has 0 bridgehead atoms. The SMILES string of the molecule is C/C([O-])=c1\c(C)nn2c(=O)c(C)nnc12. The maximum absolute atomic E-state index is 11.6. The highest BCUT2D eigenvalue weighted by Crippen LogP contribution is 1.92. The van der Waals surface area contributed by atoms with Crippen molar-refractivity contribution in [3.63, 3.8) is 0 Å². The molecule has 0 aliphatic rings. The van der Waals surface area contributed by atoms with Crippen LogP contribution in [0.3, 0.4) is 0 Å². The first-order valence-electron chi connectivity index (χ1n) is 4.43. The fourth-order valence-corrected chi connectivity index (χ4v) is 1.48. The first-order chi connectivity index (χ1) is 7.02. The summed E-state index contributed by atoms with van der Waals surface area (Å²) in [5.41, 5.74) is 0.658. The van der Waals surface area contributed by atoms with Crippen LogP contribution in [0.2, 0.25) is 0 Å². The minimum atomic E-state index is -0.337. The molecule has 0 radical (unpaired) electrons. The molecule has 0 N–H and O–H groups in total. The Balaban J connectivity index is 3.13. The molecule has 0 saturated carbocycles. The smallest absolute Gasteiger partial charge is 0.296 e. The van der Waals surface area contributed by atoms with E-state index in [2.05, 4.69) is 15.3 Å². The lowest BCUT2D eigenvalue weighted by molar-refractivity contribution is -0.248. The van der Waals surface area contributed by atoms with E-state index in [9.17, 15) is 9.90 Å². The molecular formula is C9H9N4O2-. The molecule has 2 aromatic heterocycles. The van der Waals surface area contributed by atoms with Crippen LogP contribution >= 0.6 is 0 Å². The van der Waals surface area contributed by atoms with Crippen LogP contribution in [0.15, 0.2) is 4.79 Å². The van der Waals surface area contributed by atoms with Crippen molar-refractivity contribution in [3.8, 4) is 0 Å². The fraction of sp³-hybridized carbons (Fsp3) is 0.333. The molecule has 0 aliphatic heterocycles. The van der Waals surface area contributed by atoms with Crippen LogP contribution in [0, 0.1) is 13.8 Å². The Morgan fingerprint density at radius 3 is 2.53 bits per heavy atom. The van der Waals surface area contributed by atoms with Crippen molar-refractivity contribution in [2.75, 3.05) is 0 Å². The van der Waals surface area contributed by atoms with Gasteiger partial charge in [0.05, 0.1) is 5.69 Å². The first kappa shape index (κ1) is 9.57. The summed E-state index contributed by atoms with van der Waals surface area (Å²) in [5, 5.41) is 23.2. The molecule has 2 heterocycles. The molecule has 15 heavy (non-hydrogen) atoms. The van der Waals surface area contributed by atoms with Crippen molar-refractivity contribution in [3.05, 3.63) is 27.0 Å². The second kappa shape index (κ2) is 3.01. The molecular weight excluding hydrogens is 196 g/mol. The van der Waals surface area contributed by atoms with Crippen molar-refractivity contribution in [2.45, 2.75) is 20.8 Å². The van der Waals surface area contributed by atoms with E-state index in [1.807, 2.05) is 0 Å². The van der Waals surface area contributed by atoms with Crippen LogP contribution in [-0.4, -0.2) is 19.8 Å². The monoisotopic (exact) mass is 205 g/mol. The van der Waals surface area contributed by atoms with E-state index in [1.165, 1.54) is 6.92 Å². The number of aromatic nitrogens is 4. The van der Waals surface area contributed by atoms with Gasteiger partial charge in [-0.05, 0) is 13.8 Å². The Bertz CT molecular complexity index is 640. The zero-order valence-electron chi connectivity index (χ0n) is 8.61. The Labute approximate surface area is 84.9 Å². The molecule has 2 rings (SSSR count). The molecule has 0 aromatic carbocycles. The van der Waals surface area contributed by atoms with Crippen LogP contribution in [-0.2, 0) is 0 Å². The predicted octanol–water partition coefficient (Wildman–Crippen LogP) is -1.69. The van der Waals surface area contributed by atoms with Gasteiger partial charge in [0.1, 0.15) is 5.69 Å². The van der Waals surface area contributed by atoms with Crippen LogP contribution < -0.4 is 15.9 Å². The summed E-state index contributed by atoms with van der Waals surface area (Å²) in [6, 6.07) is 0. The maximum atomic E-state index is 11.6. The summed E-state index contributed by atoms with van der Waals surface area (Å²) in [7, 11) is 0. The Kier molecular flexibility index (Phi) is 1.92. The molecule has 6 heteroatoms. The molecule has 0 aliphatic carbocycles. The number of hydrogen-bond acceptors (Lipinski definition) is 5. The lowest BCUT2D eigenvalue weighted by Crippen LogP contribution is -2.22. The zero-order valence-corrected chi connectivity index (χ0v) is 8.61. The lowest BCUT2D eigenvalue weighted by atomic mass is 10.3. The second-order valence-corrected chi connectivity index (χ2v) is 3.34. The third-order valence-electron chi connectivity index (χ3n) is 2.18. The summed E-state index contributed by atoms with van der Waals surface area (Å²) >= 11 is 0. The zero-order chi connectivity index (χ0) is 11.2. The van der Waals surface area contributed by atoms with Gasteiger partial charge < -0.3 is 5.11 Å². The van der Waals surface area contributed by atoms with Gasteiger partial charge in [0.15, 0.2) is 5.65 Å². The third-order valence-corrected chi connectivity index (χ3v) is 2.18. The van der Waals surface area contributed by atoms with Gasteiger partial charge in [0.25, 0.3) is 5.56 Å². The first-order valence-corrected chi connectivity index (χ1v) is 4.43. The van der Waals surface area contributed by atoms with Gasteiger partial charge in [0, 0.05) is 5.22 Å². The normalized spacial score (nSPS) is 13.3. The van der Waals surface area contributed by atoms with Gasteiger partial charge >= 0.3 is 0 Å². The molecule has 0 saturated heterocycles. The van der Waals surface area contributed by atoms with Crippen molar-refractivity contribution in [1.29, 1.82) is 0 Å². The number of nitrogens with zero attached hydrogens (tertiary/aromatic N) is 4. The standard InChI is InChI=1S/C9H10N4O2/c1-4-7(6(3)14)8-11-10-5(2)9(15)13(8)12-4/h14H,1-3H3/p-1/b7-6-. The highest BCUT2D eigenvalue weighted by Gasteiger charge is 2.08. The third kappa shape index (κ3) is 1.25. The number of aryl methyl sites for hydroxylation is 2. The summed E-state index contributed by atoms with van der Waals surface area (Å²) < 4.78 is 1.12. The summed E-state index contributed by atoms with van der Waals surface area (Å²) in [4.78, 5) is 11.6. The Hall–Kier alpha value is -1.98. The fourth-order valence-electron chi connectivity index (χ4n) is 1.48. The molecule has 0 atom stereocenters. The maximum Gasteiger partial charge on any atom is 0.296 e. The summed E-state index contributed by atoms with van der Waals surface area (Å²) in [5.74, 6) is -0.167. The topological polar surface area (TPSA) is 83.2 Å². The second-order valence-electron chi connectivity index (χ2n) is 3.34. The van der Waals surface area contributed by atoms with Gasteiger partial charge in [0.2, 0.25) is 0 Å². The van der Waals surface area contributed by atoms with Crippen LogP contribution in [0.25, 0.3) is 11.4 Å². The molecule has 0 spiro atoms. The highest BCUT2D eigenvalue weighted by molar-refractivity contribution is 5.49. The molecule has 2 aromatic rings. The van der Waals surface area contributed by atoms with E-state index in [4.69, 9.17) is 0 Å².